The third-order valence-corrected chi connectivity index (χ3v) is 4.09. The van der Waals surface area contributed by atoms with E-state index in [-0.39, 0.29) is 10.3 Å². The highest BCUT2D eigenvalue weighted by atomic mass is 35.5. The first-order valence-electron chi connectivity index (χ1n) is 5.39. The molecule has 0 aliphatic rings. The number of nitrogens with one attached hydrogen (secondary N) is 1. The molecule has 1 N–H and O–H groups in total. The van der Waals surface area contributed by atoms with E-state index in [4.69, 9.17) is 11.6 Å². The van der Waals surface area contributed by atoms with Crippen LogP contribution in [0.15, 0.2) is 41.6 Å². The lowest BCUT2D eigenvalue weighted by Crippen LogP contribution is -2.01. The second-order valence-electron chi connectivity index (χ2n) is 4.05. The summed E-state index contributed by atoms with van der Waals surface area (Å²) in [4.78, 5) is 7.35. The fourth-order valence-corrected chi connectivity index (χ4v) is 2.60. The molecule has 2 aromatic rings. The van der Waals surface area contributed by atoms with E-state index in [9.17, 15) is 8.42 Å². The van der Waals surface area contributed by atoms with E-state index in [1.807, 2.05) is 6.07 Å². The zero-order valence-electron chi connectivity index (χ0n) is 9.80. The van der Waals surface area contributed by atoms with Gasteiger partial charge in [-0.05, 0) is 17.7 Å². The maximum absolute atomic E-state index is 11.5. The smallest absolute Gasteiger partial charge is 0.175 e. The van der Waals surface area contributed by atoms with Crippen LogP contribution in [0.25, 0.3) is 0 Å². The molecule has 0 aliphatic heterocycles. The van der Waals surface area contributed by atoms with E-state index in [0.717, 1.165) is 11.4 Å². The second kappa shape index (κ2) is 5.12. The van der Waals surface area contributed by atoms with Crippen molar-refractivity contribution >= 4 is 21.4 Å². The van der Waals surface area contributed by atoms with Gasteiger partial charge in [-0.25, -0.2) is 13.4 Å². The van der Waals surface area contributed by atoms with E-state index in [1.165, 1.54) is 6.26 Å². The fraction of sp³-hybridized carbons (Fsp3) is 0.250. The van der Waals surface area contributed by atoms with E-state index in [1.54, 1.807) is 30.6 Å². The van der Waals surface area contributed by atoms with Gasteiger partial charge in [0.2, 0.25) is 0 Å². The lowest BCUT2D eigenvalue weighted by molar-refractivity contribution is 0.601. The summed E-state index contributed by atoms with van der Waals surface area (Å²) in [5.41, 5.74) is 0.774. The highest BCUT2D eigenvalue weighted by Crippen LogP contribution is 2.25. The summed E-state index contributed by atoms with van der Waals surface area (Å²) in [5, 5.41) is -0.308. The first-order valence-corrected chi connectivity index (χ1v) is 7.72. The number of imidazole rings is 1. The van der Waals surface area contributed by atoms with Gasteiger partial charge in [0, 0.05) is 25.1 Å². The number of hydrogen-bond donors (Lipinski definition) is 1. The van der Waals surface area contributed by atoms with Crippen molar-refractivity contribution in [1.82, 2.24) is 9.97 Å². The number of halogens is 1. The van der Waals surface area contributed by atoms with Crippen molar-refractivity contribution in [2.75, 3.05) is 6.26 Å². The average Bonchev–Trinajstić information content (AvgIpc) is 2.81. The Kier molecular flexibility index (Phi) is 3.73. The minimum absolute atomic E-state index is 0.282. The number of aromatic nitrogens is 2. The number of hydrogen-bond acceptors (Lipinski definition) is 3. The van der Waals surface area contributed by atoms with Gasteiger partial charge >= 0.3 is 0 Å². The quantitative estimate of drug-likeness (QED) is 0.877. The fourth-order valence-electron chi connectivity index (χ4n) is 1.64. The summed E-state index contributed by atoms with van der Waals surface area (Å²) in [6.07, 6.45) is 5.10. The summed E-state index contributed by atoms with van der Waals surface area (Å²) >= 11 is 6.26. The third-order valence-electron chi connectivity index (χ3n) is 2.58. The maximum Gasteiger partial charge on any atom is 0.175 e. The number of sulfone groups is 1. The Bertz CT molecular complexity index is 623. The summed E-state index contributed by atoms with van der Waals surface area (Å²) < 4.78 is 22.9. The number of H-pyrrole nitrogens is 1. The lowest BCUT2D eigenvalue weighted by Gasteiger charge is -2.09. The van der Waals surface area contributed by atoms with Gasteiger partial charge in [-0.15, -0.1) is 11.6 Å². The van der Waals surface area contributed by atoms with Crippen LogP contribution in [0.2, 0.25) is 0 Å². The van der Waals surface area contributed by atoms with Gasteiger partial charge in [-0.3, -0.25) is 0 Å². The molecule has 96 valence electrons. The molecule has 0 bridgehead atoms. The molecule has 1 heterocycles. The van der Waals surface area contributed by atoms with Crippen molar-refractivity contribution in [1.29, 1.82) is 0 Å². The van der Waals surface area contributed by atoms with Crippen LogP contribution < -0.4 is 0 Å². The van der Waals surface area contributed by atoms with Crippen LogP contribution in [0.5, 0.6) is 0 Å². The standard InChI is InChI=1S/C12H13ClN2O2S/c1-18(16,17)10-4-2-3-9(7-10)11(13)8-12-14-5-6-15-12/h2-7,11H,8H2,1H3,(H,14,15). The van der Waals surface area contributed by atoms with Crippen LogP contribution in [-0.4, -0.2) is 24.6 Å². The molecule has 0 saturated carbocycles. The van der Waals surface area contributed by atoms with Gasteiger partial charge in [-0.2, -0.15) is 0 Å². The number of rotatable bonds is 4. The molecule has 0 fully saturated rings. The predicted molar refractivity (Wildman–Crippen MR) is 70.4 cm³/mol. The van der Waals surface area contributed by atoms with Crippen molar-refractivity contribution in [3.8, 4) is 0 Å². The molecular formula is C12H13ClN2O2S. The topological polar surface area (TPSA) is 62.8 Å². The summed E-state index contributed by atoms with van der Waals surface area (Å²) in [7, 11) is -3.20. The average molecular weight is 285 g/mol. The second-order valence-corrected chi connectivity index (χ2v) is 6.59. The Morgan fingerprint density at radius 1 is 1.44 bits per heavy atom. The zero-order chi connectivity index (χ0) is 13.2. The molecule has 1 aromatic heterocycles. The van der Waals surface area contributed by atoms with Gasteiger partial charge in [0.25, 0.3) is 0 Å². The molecule has 1 atom stereocenters. The Labute approximate surface area is 111 Å². The van der Waals surface area contributed by atoms with Gasteiger partial charge in [0.05, 0.1) is 10.3 Å². The Hall–Kier alpha value is -1.33. The summed E-state index contributed by atoms with van der Waals surface area (Å²) in [5.74, 6) is 0.778. The summed E-state index contributed by atoms with van der Waals surface area (Å²) in [6, 6.07) is 6.68. The van der Waals surface area contributed by atoms with Crippen molar-refractivity contribution in [3.05, 3.63) is 48.0 Å². The Morgan fingerprint density at radius 2 is 2.22 bits per heavy atom. The molecular weight excluding hydrogens is 272 g/mol. The largest absolute Gasteiger partial charge is 0.349 e. The van der Waals surface area contributed by atoms with Crippen molar-refractivity contribution in [2.45, 2.75) is 16.7 Å². The molecule has 4 nitrogen and oxygen atoms in total. The molecule has 0 spiro atoms. The molecule has 1 unspecified atom stereocenters. The first kappa shape index (κ1) is 13.1. The number of benzene rings is 1. The molecule has 0 aliphatic carbocycles. The molecule has 18 heavy (non-hydrogen) atoms. The molecule has 0 saturated heterocycles. The van der Waals surface area contributed by atoms with Crippen LogP contribution in [0.3, 0.4) is 0 Å². The van der Waals surface area contributed by atoms with Crippen LogP contribution in [0.1, 0.15) is 16.8 Å². The van der Waals surface area contributed by atoms with Gasteiger partial charge in [-0.1, -0.05) is 12.1 Å². The van der Waals surface area contributed by atoms with E-state index in [2.05, 4.69) is 9.97 Å². The van der Waals surface area contributed by atoms with Gasteiger partial charge in [0.1, 0.15) is 5.82 Å². The minimum atomic E-state index is -3.20. The number of aromatic amines is 1. The van der Waals surface area contributed by atoms with E-state index in [0.29, 0.717) is 6.42 Å². The van der Waals surface area contributed by atoms with E-state index < -0.39 is 9.84 Å². The Morgan fingerprint density at radius 3 is 2.83 bits per heavy atom. The van der Waals surface area contributed by atoms with Crippen molar-refractivity contribution in [2.24, 2.45) is 0 Å². The maximum atomic E-state index is 11.5. The van der Waals surface area contributed by atoms with Crippen LogP contribution in [0, 0.1) is 0 Å². The monoisotopic (exact) mass is 284 g/mol. The van der Waals surface area contributed by atoms with Crippen molar-refractivity contribution in [3.63, 3.8) is 0 Å². The molecule has 0 radical (unpaired) electrons. The highest BCUT2D eigenvalue weighted by molar-refractivity contribution is 7.90. The van der Waals surface area contributed by atoms with Crippen LogP contribution >= 0.6 is 11.6 Å². The van der Waals surface area contributed by atoms with Crippen molar-refractivity contribution < 1.29 is 8.42 Å². The molecule has 6 heteroatoms. The highest BCUT2D eigenvalue weighted by Gasteiger charge is 2.13. The molecule has 0 amide bonds. The third kappa shape index (κ3) is 3.11. The van der Waals surface area contributed by atoms with Gasteiger partial charge in [0.15, 0.2) is 9.84 Å². The minimum Gasteiger partial charge on any atom is -0.349 e. The van der Waals surface area contributed by atoms with Crippen LogP contribution in [-0.2, 0) is 16.3 Å². The first-order chi connectivity index (χ1) is 8.47. The van der Waals surface area contributed by atoms with E-state index >= 15 is 0 Å². The number of alkyl halides is 1. The predicted octanol–water partition coefficient (Wildman–Crippen LogP) is 2.34. The van der Waals surface area contributed by atoms with Gasteiger partial charge < -0.3 is 4.98 Å². The normalized spacial score (nSPS) is 13.4. The van der Waals surface area contributed by atoms with Crippen LogP contribution in [0.4, 0.5) is 0 Å². The number of nitrogens with zero attached hydrogens (tertiary/aromatic N) is 1. The molecule has 2 rings (SSSR count). The zero-order valence-corrected chi connectivity index (χ0v) is 11.4. The summed E-state index contributed by atoms with van der Waals surface area (Å²) in [6.45, 7) is 0. The lowest BCUT2D eigenvalue weighted by atomic mass is 10.1. The Balaban J connectivity index is 2.23. The SMILES string of the molecule is CS(=O)(=O)c1cccc(C(Cl)Cc2ncc[nH]2)c1. The molecule has 1 aromatic carbocycles.